The largest absolute Gasteiger partial charge is 0.484 e. The molecule has 0 fully saturated rings. The van der Waals surface area contributed by atoms with E-state index in [2.05, 4.69) is 10.6 Å². The van der Waals surface area contributed by atoms with Crippen molar-refractivity contribution < 1.29 is 14.3 Å². The van der Waals surface area contributed by atoms with Gasteiger partial charge in [0.15, 0.2) is 6.61 Å². The molecule has 0 aliphatic rings. The zero-order chi connectivity index (χ0) is 16.0. The summed E-state index contributed by atoms with van der Waals surface area (Å²) in [5.41, 5.74) is 5.48. The molecule has 0 radical (unpaired) electrons. The molecule has 0 aliphatic carbocycles. The number of nitrogens with two attached hydrogens (primary N) is 1. The van der Waals surface area contributed by atoms with Gasteiger partial charge in [-0.1, -0.05) is 6.07 Å². The van der Waals surface area contributed by atoms with Crippen LogP contribution in [0, 0.1) is 0 Å². The van der Waals surface area contributed by atoms with Crippen LogP contribution in [-0.2, 0) is 9.59 Å². The van der Waals surface area contributed by atoms with E-state index < -0.39 is 11.9 Å². The molecule has 1 aromatic rings. The average molecular weight is 293 g/mol. The average Bonchev–Trinajstić information content (AvgIpc) is 2.34. The summed E-state index contributed by atoms with van der Waals surface area (Å²) >= 11 is 0. The van der Waals surface area contributed by atoms with Gasteiger partial charge in [-0.3, -0.25) is 9.59 Å². The second-order valence-electron chi connectivity index (χ2n) is 5.89. The standard InChI is InChI=1S/C15H23N3O3/c1-10(14(20)18-15(2,3)4)17-11-6-5-7-12(8-11)21-9-13(16)19/h5-8,10,17H,9H2,1-4H3,(H2,16,19)(H,18,20). The Morgan fingerprint density at radius 3 is 2.57 bits per heavy atom. The SMILES string of the molecule is CC(Nc1cccc(OCC(N)=O)c1)C(=O)NC(C)(C)C. The first kappa shape index (κ1) is 16.8. The lowest BCUT2D eigenvalue weighted by Crippen LogP contribution is -2.47. The predicted molar refractivity (Wildman–Crippen MR) is 82.1 cm³/mol. The van der Waals surface area contributed by atoms with E-state index in [9.17, 15) is 9.59 Å². The molecule has 1 unspecified atom stereocenters. The molecule has 1 aromatic carbocycles. The molecule has 0 heterocycles. The van der Waals surface area contributed by atoms with Crippen molar-refractivity contribution in [3.8, 4) is 5.75 Å². The number of carbonyl (C=O) groups excluding carboxylic acids is 2. The zero-order valence-electron chi connectivity index (χ0n) is 12.9. The Balaban J connectivity index is 2.63. The Morgan fingerprint density at radius 1 is 1.33 bits per heavy atom. The van der Waals surface area contributed by atoms with Crippen LogP contribution in [0.2, 0.25) is 0 Å². The van der Waals surface area contributed by atoms with Crippen LogP contribution >= 0.6 is 0 Å². The third-order valence-electron chi connectivity index (χ3n) is 2.49. The maximum absolute atomic E-state index is 12.0. The van der Waals surface area contributed by atoms with E-state index >= 15 is 0 Å². The van der Waals surface area contributed by atoms with E-state index in [4.69, 9.17) is 10.5 Å². The monoisotopic (exact) mass is 293 g/mol. The van der Waals surface area contributed by atoms with Gasteiger partial charge in [0.05, 0.1) is 0 Å². The zero-order valence-corrected chi connectivity index (χ0v) is 12.9. The number of nitrogens with one attached hydrogen (secondary N) is 2. The molecule has 21 heavy (non-hydrogen) atoms. The lowest BCUT2D eigenvalue weighted by molar-refractivity contribution is -0.123. The molecule has 1 atom stereocenters. The molecular weight excluding hydrogens is 270 g/mol. The molecule has 0 spiro atoms. The van der Waals surface area contributed by atoms with Crippen molar-refractivity contribution in [1.29, 1.82) is 0 Å². The fourth-order valence-electron chi connectivity index (χ4n) is 1.62. The van der Waals surface area contributed by atoms with Gasteiger partial charge in [-0.2, -0.15) is 0 Å². The lowest BCUT2D eigenvalue weighted by Gasteiger charge is -2.24. The van der Waals surface area contributed by atoms with Gasteiger partial charge in [0.2, 0.25) is 5.91 Å². The van der Waals surface area contributed by atoms with Crippen LogP contribution in [-0.4, -0.2) is 30.0 Å². The Hall–Kier alpha value is -2.24. The molecule has 0 aliphatic heterocycles. The van der Waals surface area contributed by atoms with Crippen molar-refractivity contribution in [3.63, 3.8) is 0 Å². The van der Waals surface area contributed by atoms with Gasteiger partial charge in [0.1, 0.15) is 11.8 Å². The second-order valence-corrected chi connectivity index (χ2v) is 5.89. The van der Waals surface area contributed by atoms with Crippen molar-refractivity contribution in [2.45, 2.75) is 39.3 Å². The van der Waals surface area contributed by atoms with Crippen LogP contribution in [0.25, 0.3) is 0 Å². The second kappa shape index (κ2) is 6.97. The fourth-order valence-corrected chi connectivity index (χ4v) is 1.62. The van der Waals surface area contributed by atoms with Crippen LogP contribution in [0.3, 0.4) is 0 Å². The molecule has 4 N–H and O–H groups in total. The van der Waals surface area contributed by atoms with Crippen LogP contribution in [0.15, 0.2) is 24.3 Å². The van der Waals surface area contributed by atoms with E-state index in [0.717, 1.165) is 5.69 Å². The summed E-state index contributed by atoms with van der Waals surface area (Å²) < 4.78 is 5.22. The third-order valence-corrected chi connectivity index (χ3v) is 2.49. The molecule has 6 heteroatoms. The first-order chi connectivity index (χ1) is 9.67. The van der Waals surface area contributed by atoms with Gasteiger partial charge in [0, 0.05) is 17.3 Å². The van der Waals surface area contributed by atoms with Gasteiger partial charge in [0.25, 0.3) is 5.91 Å². The Morgan fingerprint density at radius 2 is 2.00 bits per heavy atom. The summed E-state index contributed by atoms with van der Waals surface area (Å²) in [5, 5.41) is 5.98. The number of hydrogen-bond acceptors (Lipinski definition) is 4. The highest BCUT2D eigenvalue weighted by molar-refractivity contribution is 5.84. The maximum atomic E-state index is 12.0. The van der Waals surface area contributed by atoms with Crippen LogP contribution < -0.4 is 21.1 Å². The number of hydrogen-bond donors (Lipinski definition) is 3. The summed E-state index contributed by atoms with van der Waals surface area (Å²) in [5.74, 6) is -0.112. The van der Waals surface area contributed by atoms with Crippen molar-refractivity contribution in [2.75, 3.05) is 11.9 Å². The number of amides is 2. The summed E-state index contributed by atoms with van der Waals surface area (Å²) in [4.78, 5) is 22.7. The van der Waals surface area contributed by atoms with E-state index in [1.165, 1.54) is 0 Å². The molecule has 6 nitrogen and oxygen atoms in total. The fraction of sp³-hybridized carbons (Fsp3) is 0.467. The summed E-state index contributed by atoms with van der Waals surface area (Å²) in [6.45, 7) is 7.38. The Bertz CT molecular complexity index is 509. The molecule has 0 bridgehead atoms. The van der Waals surface area contributed by atoms with Gasteiger partial charge in [-0.25, -0.2) is 0 Å². The van der Waals surface area contributed by atoms with E-state index in [0.29, 0.717) is 5.75 Å². The molecular formula is C15H23N3O3. The van der Waals surface area contributed by atoms with Gasteiger partial charge in [-0.15, -0.1) is 0 Å². The summed E-state index contributed by atoms with van der Waals surface area (Å²) in [6.07, 6.45) is 0. The van der Waals surface area contributed by atoms with Gasteiger partial charge >= 0.3 is 0 Å². The number of ether oxygens (including phenoxy) is 1. The van der Waals surface area contributed by atoms with Crippen molar-refractivity contribution >= 4 is 17.5 Å². The third kappa shape index (κ3) is 6.65. The van der Waals surface area contributed by atoms with E-state index in [1.54, 1.807) is 25.1 Å². The first-order valence-corrected chi connectivity index (χ1v) is 6.77. The minimum atomic E-state index is -0.536. The van der Waals surface area contributed by atoms with Crippen molar-refractivity contribution in [2.24, 2.45) is 5.73 Å². The lowest BCUT2D eigenvalue weighted by atomic mass is 10.1. The van der Waals surface area contributed by atoms with Crippen LogP contribution in [0.1, 0.15) is 27.7 Å². The normalized spacial score (nSPS) is 12.4. The molecule has 116 valence electrons. The van der Waals surface area contributed by atoms with Gasteiger partial charge < -0.3 is 21.1 Å². The quantitative estimate of drug-likeness (QED) is 0.736. The molecule has 2 amide bonds. The van der Waals surface area contributed by atoms with E-state index in [-0.39, 0.29) is 18.1 Å². The number of benzene rings is 1. The Kier molecular flexibility index (Phi) is 5.58. The molecule has 1 rings (SSSR count). The molecule has 0 saturated carbocycles. The minimum absolute atomic E-state index is 0.0917. The van der Waals surface area contributed by atoms with Crippen molar-refractivity contribution in [1.82, 2.24) is 5.32 Å². The van der Waals surface area contributed by atoms with Crippen LogP contribution in [0.5, 0.6) is 5.75 Å². The number of anilines is 1. The maximum Gasteiger partial charge on any atom is 0.255 e. The highest BCUT2D eigenvalue weighted by atomic mass is 16.5. The first-order valence-electron chi connectivity index (χ1n) is 6.77. The van der Waals surface area contributed by atoms with Crippen LogP contribution in [0.4, 0.5) is 5.69 Å². The van der Waals surface area contributed by atoms with E-state index in [1.807, 2.05) is 26.8 Å². The Labute approximate surface area is 125 Å². The number of carbonyl (C=O) groups is 2. The summed E-state index contributed by atoms with van der Waals surface area (Å²) in [6, 6.07) is 6.62. The molecule has 0 aromatic heterocycles. The topological polar surface area (TPSA) is 93.4 Å². The summed E-state index contributed by atoms with van der Waals surface area (Å²) in [7, 11) is 0. The number of primary amides is 1. The highest BCUT2D eigenvalue weighted by Gasteiger charge is 2.19. The highest BCUT2D eigenvalue weighted by Crippen LogP contribution is 2.18. The van der Waals surface area contributed by atoms with Crippen molar-refractivity contribution in [3.05, 3.63) is 24.3 Å². The predicted octanol–water partition coefficient (Wildman–Crippen LogP) is 1.27. The number of rotatable bonds is 6. The smallest absolute Gasteiger partial charge is 0.255 e. The van der Waals surface area contributed by atoms with Gasteiger partial charge in [-0.05, 0) is 39.8 Å². The minimum Gasteiger partial charge on any atom is -0.484 e. The molecule has 0 saturated heterocycles.